The number of anilines is 1. The second kappa shape index (κ2) is 7.06. The number of aliphatic carboxylic acids is 1. The summed E-state index contributed by atoms with van der Waals surface area (Å²) in [6.07, 6.45) is 2.89. The third kappa shape index (κ3) is 3.41. The third-order valence-electron chi connectivity index (χ3n) is 4.30. The van der Waals surface area contributed by atoms with E-state index in [0.717, 1.165) is 6.42 Å². The van der Waals surface area contributed by atoms with Crippen LogP contribution in [-0.4, -0.2) is 36.7 Å². The van der Waals surface area contributed by atoms with Crippen LogP contribution >= 0.6 is 0 Å². The fourth-order valence-corrected chi connectivity index (χ4v) is 3.09. The van der Waals surface area contributed by atoms with E-state index in [-0.39, 0.29) is 0 Å². The smallest absolute Gasteiger partial charge is 0.338 e. The third-order valence-corrected chi connectivity index (χ3v) is 4.30. The first-order valence-electron chi connectivity index (χ1n) is 8.14. The van der Waals surface area contributed by atoms with Gasteiger partial charge in [-0.05, 0) is 30.7 Å². The minimum absolute atomic E-state index is 0.347. The van der Waals surface area contributed by atoms with Crippen molar-refractivity contribution in [2.75, 3.05) is 11.9 Å². The number of carbonyl (C=O) groups is 3. The van der Waals surface area contributed by atoms with Crippen LogP contribution in [0.3, 0.4) is 0 Å². The number of hydrogen-bond donors (Lipinski definition) is 1. The van der Waals surface area contributed by atoms with Gasteiger partial charge in [-0.15, -0.1) is 0 Å². The summed E-state index contributed by atoms with van der Waals surface area (Å²) in [5.41, 5.74) is 0.839. The van der Waals surface area contributed by atoms with Crippen LogP contribution in [0.5, 0.6) is 0 Å². The van der Waals surface area contributed by atoms with Gasteiger partial charge in [0.25, 0.3) is 0 Å². The molecule has 0 spiro atoms. The van der Waals surface area contributed by atoms with E-state index < -0.39 is 41.9 Å². The number of ether oxygens (including phenoxy) is 2. The standard InChI is InChI=1S/C18H19NO6/c1-2-9-24-18(23)10-3-5-11(6-4-10)19-16(20)14-12-7-8-13(25-12)15(14)17(21)22/h3-8,12-15H,2,9H2,1H3,(H,19,20)(H,21,22)/p-1/t12-,13+,14+,15+/m1/s1. The Labute approximate surface area is 144 Å². The molecule has 0 aliphatic carbocycles. The second-order valence-electron chi connectivity index (χ2n) is 6.02. The van der Waals surface area contributed by atoms with E-state index in [1.165, 1.54) is 0 Å². The number of esters is 1. The lowest BCUT2D eigenvalue weighted by Crippen LogP contribution is -2.45. The van der Waals surface area contributed by atoms with E-state index in [9.17, 15) is 19.5 Å². The predicted molar refractivity (Wildman–Crippen MR) is 85.4 cm³/mol. The molecule has 0 unspecified atom stereocenters. The van der Waals surface area contributed by atoms with E-state index in [1.54, 1.807) is 36.4 Å². The lowest BCUT2D eigenvalue weighted by Gasteiger charge is -2.24. The molecule has 1 amide bonds. The predicted octanol–water partition coefficient (Wildman–Crippen LogP) is 0.511. The molecule has 25 heavy (non-hydrogen) atoms. The first-order valence-corrected chi connectivity index (χ1v) is 8.14. The number of benzene rings is 1. The summed E-state index contributed by atoms with van der Waals surface area (Å²) in [6, 6.07) is 6.22. The van der Waals surface area contributed by atoms with Crippen molar-refractivity contribution < 1.29 is 29.0 Å². The molecular weight excluding hydrogens is 326 g/mol. The Morgan fingerprint density at radius 3 is 2.36 bits per heavy atom. The van der Waals surface area contributed by atoms with E-state index >= 15 is 0 Å². The van der Waals surface area contributed by atoms with Crippen LogP contribution < -0.4 is 10.4 Å². The summed E-state index contributed by atoms with van der Waals surface area (Å²) in [5.74, 6) is -4.02. The van der Waals surface area contributed by atoms with Crippen LogP contribution in [0.15, 0.2) is 36.4 Å². The fraction of sp³-hybridized carbons (Fsp3) is 0.389. The molecule has 3 rings (SSSR count). The van der Waals surface area contributed by atoms with Gasteiger partial charge in [-0.25, -0.2) is 4.79 Å². The molecule has 132 valence electrons. The van der Waals surface area contributed by atoms with E-state index in [0.29, 0.717) is 17.9 Å². The van der Waals surface area contributed by atoms with Crippen LogP contribution in [0, 0.1) is 11.8 Å². The molecule has 0 saturated carbocycles. The highest BCUT2D eigenvalue weighted by Gasteiger charge is 2.50. The number of hydrogen-bond acceptors (Lipinski definition) is 6. The molecule has 1 fully saturated rings. The molecule has 1 N–H and O–H groups in total. The Morgan fingerprint density at radius 2 is 1.76 bits per heavy atom. The largest absolute Gasteiger partial charge is 0.550 e. The number of rotatable bonds is 6. The molecule has 1 aromatic carbocycles. The summed E-state index contributed by atoms with van der Waals surface area (Å²) in [6.45, 7) is 2.25. The van der Waals surface area contributed by atoms with Gasteiger partial charge in [0.15, 0.2) is 0 Å². The Balaban J connectivity index is 1.66. The lowest BCUT2D eigenvalue weighted by molar-refractivity contribution is -0.313. The highest BCUT2D eigenvalue weighted by atomic mass is 16.5. The van der Waals surface area contributed by atoms with Crippen molar-refractivity contribution in [3.05, 3.63) is 42.0 Å². The molecule has 2 heterocycles. The van der Waals surface area contributed by atoms with E-state index in [4.69, 9.17) is 9.47 Å². The molecule has 2 aliphatic heterocycles. The number of nitrogens with one attached hydrogen (secondary N) is 1. The highest BCUT2D eigenvalue weighted by Crippen LogP contribution is 2.39. The zero-order valence-electron chi connectivity index (χ0n) is 13.6. The van der Waals surface area contributed by atoms with Crippen LogP contribution in [0.1, 0.15) is 23.7 Å². The lowest BCUT2D eigenvalue weighted by atomic mass is 9.82. The molecule has 7 nitrogen and oxygen atoms in total. The van der Waals surface area contributed by atoms with Gasteiger partial charge < -0.3 is 24.7 Å². The fourth-order valence-electron chi connectivity index (χ4n) is 3.09. The first kappa shape index (κ1) is 17.2. The Kier molecular flexibility index (Phi) is 4.85. The maximum Gasteiger partial charge on any atom is 0.338 e. The average Bonchev–Trinajstić information content (AvgIpc) is 3.21. The SMILES string of the molecule is CCCOC(=O)c1ccc(NC(=O)[C@@H]2[C@@H](C(=O)[O-])[C@@H]3C=C[C@H]2O3)cc1. The summed E-state index contributed by atoms with van der Waals surface area (Å²) in [5, 5.41) is 14.0. The molecule has 2 aliphatic rings. The quantitative estimate of drug-likeness (QED) is 0.595. The average molecular weight is 344 g/mol. The number of fused-ring (bicyclic) bond motifs is 2. The van der Waals surface area contributed by atoms with Crippen molar-refractivity contribution in [1.29, 1.82) is 0 Å². The van der Waals surface area contributed by atoms with Crippen molar-refractivity contribution in [3.8, 4) is 0 Å². The molecule has 0 aromatic heterocycles. The monoisotopic (exact) mass is 344 g/mol. The molecule has 1 aromatic rings. The maximum atomic E-state index is 12.5. The van der Waals surface area contributed by atoms with Gasteiger partial charge in [0.05, 0.1) is 30.3 Å². The Morgan fingerprint density at radius 1 is 1.12 bits per heavy atom. The van der Waals surface area contributed by atoms with Crippen molar-refractivity contribution in [3.63, 3.8) is 0 Å². The second-order valence-corrected chi connectivity index (χ2v) is 6.02. The number of carboxylic acid groups (broad SMARTS) is 1. The summed E-state index contributed by atoms with van der Waals surface area (Å²) < 4.78 is 10.5. The molecular formula is C18H18NO6-. The van der Waals surface area contributed by atoms with Gasteiger partial charge >= 0.3 is 5.97 Å². The zero-order chi connectivity index (χ0) is 18.0. The van der Waals surface area contributed by atoms with Gasteiger partial charge in [0, 0.05) is 17.6 Å². The van der Waals surface area contributed by atoms with Crippen LogP contribution in [-0.2, 0) is 19.1 Å². The van der Waals surface area contributed by atoms with Gasteiger partial charge in [0.1, 0.15) is 0 Å². The molecule has 0 radical (unpaired) electrons. The van der Waals surface area contributed by atoms with Crippen molar-refractivity contribution in [1.82, 2.24) is 0 Å². The minimum atomic E-state index is -1.30. The number of carbonyl (C=O) groups excluding carboxylic acids is 3. The van der Waals surface area contributed by atoms with E-state index in [1.807, 2.05) is 6.92 Å². The van der Waals surface area contributed by atoms with Crippen LogP contribution in [0.25, 0.3) is 0 Å². The first-order chi connectivity index (χ1) is 12.0. The van der Waals surface area contributed by atoms with E-state index in [2.05, 4.69) is 5.32 Å². The normalized spacial score (nSPS) is 26.4. The number of carboxylic acids is 1. The molecule has 2 bridgehead atoms. The topological polar surface area (TPSA) is 105 Å². The summed E-state index contributed by atoms with van der Waals surface area (Å²) in [7, 11) is 0. The van der Waals surface area contributed by atoms with Crippen molar-refractivity contribution in [2.24, 2.45) is 11.8 Å². The Hall–Kier alpha value is -2.67. The molecule has 7 heteroatoms. The highest BCUT2D eigenvalue weighted by molar-refractivity contribution is 5.97. The van der Waals surface area contributed by atoms with Crippen molar-refractivity contribution in [2.45, 2.75) is 25.6 Å². The van der Waals surface area contributed by atoms with Crippen LogP contribution in [0.2, 0.25) is 0 Å². The molecule has 4 atom stereocenters. The van der Waals surface area contributed by atoms with Gasteiger partial charge in [-0.1, -0.05) is 19.1 Å². The van der Waals surface area contributed by atoms with Gasteiger partial charge in [-0.3, -0.25) is 4.79 Å². The van der Waals surface area contributed by atoms with Crippen LogP contribution in [0.4, 0.5) is 5.69 Å². The summed E-state index contributed by atoms with van der Waals surface area (Å²) >= 11 is 0. The summed E-state index contributed by atoms with van der Waals surface area (Å²) in [4.78, 5) is 35.5. The van der Waals surface area contributed by atoms with Crippen molar-refractivity contribution >= 4 is 23.5 Å². The minimum Gasteiger partial charge on any atom is -0.550 e. The number of amides is 1. The van der Waals surface area contributed by atoms with Gasteiger partial charge in [0.2, 0.25) is 5.91 Å². The van der Waals surface area contributed by atoms with Gasteiger partial charge in [-0.2, -0.15) is 0 Å². The zero-order valence-corrected chi connectivity index (χ0v) is 13.6. The maximum absolute atomic E-state index is 12.5. The molecule has 1 saturated heterocycles. The Bertz CT molecular complexity index is 711.